The molecule has 0 unspecified atom stereocenters. The number of benzene rings is 10. The van der Waals surface area contributed by atoms with Gasteiger partial charge in [0.15, 0.2) is 0 Å². The van der Waals surface area contributed by atoms with E-state index in [2.05, 4.69) is 158 Å². The molecule has 1 aromatic heterocycles. The number of hydrogen-bond acceptors (Lipinski definition) is 2. The normalized spacial score (nSPS) is 12.6. The molecule has 12 rings (SSSR count). The third-order valence-corrected chi connectivity index (χ3v) is 11.0. The highest BCUT2D eigenvalue weighted by atomic mass is 16.5. The Morgan fingerprint density at radius 1 is 0.320 bits per heavy atom. The highest BCUT2D eigenvalue weighted by molar-refractivity contribution is 6.28. The summed E-state index contributed by atoms with van der Waals surface area (Å²) < 4.78 is 13.5. The van der Waals surface area contributed by atoms with Crippen LogP contribution in [0.3, 0.4) is 0 Å². The van der Waals surface area contributed by atoms with E-state index < -0.39 is 0 Å². The molecule has 0 fully saturated rings. The number of rotatable bonds is 2. The highest BCUT2D eigenvalue weighted by Gasteiger charge is 2.23. The van der Waals surface area contributed by atoms with E-state index in [9.17, 15) is 0 Å². The molecule has 0 spiro atoms. The summed E-state index contributed by atoms with van der Waals surface area (Å²) in [4.78, 5) is 0. The molecule has 0 saturated carbocycles. The highest BCUT2D eigenvalue weighted by Crippen LogP contribution is 2.50. The molecule has 0 atom stereocenters. The van der Waals surface area contributed by atoms with Gasteiger partial charge >= 0.3 is 0 Å². The Morgan fingerprint density at radius 3 is 1.80 bits per heavy atom. The maximum Gasteiger partial charge on any atom is 0.143 e. The van der Waals surface area contributed by atoms with Gasteiger partial charge in [-0.05, 0) is 107 Å². The smallest absolute Gasteiger partial charge is 0.143 e. The van der Waals surface area contributed by atoms with Crippen LogP contribution in [-0.4, -0.2) is 0 Å². The Morgan fingerprint density at radius 2 is 0.940 bits per heavy atom. The average molecular weight is 635 g/mol. The van der Waals surface area contributed by atoms with Gasteiger partial charge in [-0.2, -0.15) is 0 Å². The molecule has 0 N–H and O–H groups in total. The van der Waals surface area contributed by atoms with Crippen molar-refractivity contribution in [3.63, 3.8) is 0 Å². The number of furan rings is 1. The quantitative estimate of drug-likeness (QED) is 0.177. The zero-order valence-electron chi connectivity index (χ0n) is 26.8. The molecule has 2 heteroatoms. The zero-order valence-corrected chi connectivity index (χ0v) is 26.8. The molecule has 50 heavy (non-hydrogen) atoms. The minimum Gasteiger partial charge on any atom is -0.456 e. The van der Waals surface area contributed by atoms with E-state index in [-0.39, 0.29) is 0 Å². The largest absolute Gasteiger partial charge is 0.456 e. The lowest BCUT2D eigenvalue weighted by atomic mass is 9.87. The topological polar surface area (TPSA) is 22.4 Å². The van der Waals surface area contributed by atoms with Gasteiger partial charge in [0.05, 0.1) is 0 Å². The van der Waals surface area contributed by atoms with Crippen LogP contribution in [0.1, 0.15) is 0 Å². The van der Waals surface area contributed by atoms with Gasteiger partial charge in [0, 0.05) is 27.3 Å². The summed E-state index contributed by atoms with van der Waals surface area (Å²) in [5.41, 5.74) is 8.58. The van der Waals surface area contributed by atoms with Gasteiger partial charge in [0.2, 0.25) is 0 Å². The second kappa shape index (κ2) is 9.49. The summed E-state index contributed by atoms with van der Waals surface area (Å²) in [6.45, 7) is 0. The van der Waals surface area contributed by atoms with E-state index in [1.807, 2.05) is 0 Å². The fraction of sp³-hybridized carbons (Fsp3) is 0. The Bertz CT molecular complexity index is 3210. The van der Waals surface area contributed by atoms with Crippen molar-refractivity contribution in [3.05, 3.63) is 158 Å². The van der Waals surface area contributed by atoms with Crippen LogP contribution in [0.25, 0.3) is 109 Å². The molecular weight excluding hydrogens is 609 g/mol. The molecule has 0 aliphatic carbocycles. The van der Waals surface area contributed by atoms with Crippen LogP contribution >= 0.6 is 0 Å². The predicted octanol–water partition coefficient (Wildman–Crippen LogP) is 13.9. The van der Waals surface area contributed by atoms with Crippen LogP contribution in [0.4, 0.5) is 0 Å². The lowest BCUT2D eigenvalue weighted by Gasteiger charge is -2.22. The third-order valence-electron chi connectivity index (χ3n) is 11.0. The lowest BCUT2D eigenvalue weighted by molar-refractivity contribution is 0.487. The fourth-order valence-corrected chi connectivity index (χ4v) is 8.72. The summed E-state index contributed by atoms with van der Waals surface area (Å²) >= 11 is 0. The second-order valence-corrected chi connectivity index (χ2v) is 13.6. The summed E-state index contributed by atoms with van der Waals surface area (Å²) in [5.74, 6) is 1.76. The Hall–Kier alpha value is -6.64. The summed E-state index contributed by atoms with van der Waals surface area (Å²) in [7, 11) is 0. The van der Waals surface area contributed by atoms with Crippen LogP contribution in [-0.2, 0) is 0 Å². The van der Waals surface area contributed by atoms with Crippen LogP contribution in [0.15, 0.2) is 162 Å². The minimum atomic E-state index is 0.861. The molecule has 2 heterocycles. The van der Waals surface area contributed by atoms with E-state index in [0.717, 1.165) is 50.1 Å². The maximum absolute atomic E-state index is 6.94. The summed E-state index contributed by atoms with van der Waals surface area (Å²) in [6, 6.07) is 57.1. The van der Waals surface area contributed by atoms with Crippen molar-refractivity contribution in [3.8, 4) is 44.9 Å². The molecule has 11 aromatic rings. The first-order valence-electron chi connectivity index (χ1n) is 17.2. The van der Waals surface area contributed by atoms with Crippen molar-refractivity contribution in [2.45, 2.75) is 0 Å². The Balaban J connectivity index is 1.15. The van der Waals surface area contributed by atoms with Crippen LogP contribution < -0.4 is 4.74 Å². The lowest BCUT2D eigenvalue weighted by Crippen LogP contribution is -1.97. The van der Waals surface area contributed by atoms with Crippen molar-refractivity contribution in [2.24, 2.45) is 0 Å². The number of fused-ring (bicyclic) bond motifs is 6. The van der Waals surface area contributed by atoms with Gasteiger partial charge in [-0.25, -0.2) is 0 Å². The number of hydrogen-bond donors (Lipinski definition) is 0. The monoisotopic (exact) mass is 634 g/mol. The minimum absolute atomic E-state index is 0.861. The number of ether oxygens (including phenoxy) is 1. The SMILES string of the molecule is c1ccc2cc3c(cc2c1)oc1c(-c2ccc4c(c2)Oc2cccc5cccc-4c25)ccc(-c2ccc4ccc5cccc6ccc2c4c56)c13. The first-order chi connectivity index (χ1) is 24.8. The first kappa shape index (κ1) is 26.3. The van der Waals surface area contributed by atoms with Gasteiger partial charge in [-0.1, -0.05) is 121 Å². The summed E-state index contributed by atoms with van der Waals surface area (Å²) in [6.07, 6.45) is 0. The van der Waals surface area contributed by atoms with Gasteiger partial charge in [-0.3, -0.25) is 0 Å². The third kappa shape index (κ3) is 3.47. The van der Waals surface area contributed by atoms with E-state index in [4.69, 9.17) is 9.15 Å². The molecule has 1 aliphatic heterocycles. The van der Waals surface area contributed by atoms with E-state index in [1.54, 1.807) is 0 Å². The molecule has 2 nitrogen and oxygen atoms in total. The average Bonchev–Trinajstić information content (AvgIpc) is 3.54. The van der Waals surface area contributed by atoms with Crippen molar-refractivity contribution < 1.29 is 9.15 Å². The molecule has 1 aliphatic rings. The van der Waals surface area contributed by atoms with E-state index in [0.29, 0.717) is 0 Å². The van der Waals surface area contributed by atoms with Crippen molar-refractivity contribution in [2.75, 3.05) is 0 Å². The standard InChI is InChI=1S/C48H26O2/c1-2-7-32-25-43-40(24-31(32)6-1)47-39(35-19-16-30-15-14-28-8-3-9-29-17-21-38(35)46(30)44(28)29)23-22-34(48(47)50-43)33-18-20-36-37-12-4-10-27-11-5-13-41(45(27)37)49-42(36)26-33/h1-26H. The van der Waals surface area contributed by atoms with Crippen molar-refractivity contribution >= 4 is 75.8 Å². The van der Waals surface area contributed by atoms with Crippen LogP contribution in [0, 0.1) is 0 Å². The molecule has 0 radical (unpaired) electrons. The van der Waals surface area contributed by atoms with Crippen molar-refractivity contribution in [1.82, 2.24) is 0 Å². The Kier molecular flexibility index (Phi) is 5.00. The molecular formula is C48H26O2. The molecule has 0 amide bonds. The zero-order chi connectivity index (χ0) is 32.5. The predicted molar refractivity (Wildman–Crippen MR) is 209 cm³/mol. The molecule has 0 bridgehead atoms. The molecule has 10 aromatic carbocycles. The van der Waals surface area contributed by atoms with Gasteiger partial charge < -0.3 is 9.15 Å². The Labute approximate surface area is 286 Å². The maximum atomic E-state index is 6.94. The molecule has 0 saturated heterocycles. The van der Waals surface area contributed by atoms with Crippen LogP contribution in [0.2, 0.25) is 0 Å². The van der Waals surface area contributed by atoms with E-state index >= 15 is 0 Å². The van der Waals surface area contributed by atoms with Gasteiger partial charge in [0.1, 0.15) is 22.7 Å². The van der Waals surface area contributed by atoms with Gasteiger partial charge in [-0.15, -0.1) is 0 Å². The van der Waals surface area contributed by atoms with Crippen LogP contribution in [0.5, 0.6) is 11.5 Å². The van der Waals surface area contributed by atoms with Gasteiger partial charge in [0.25, 0.3) is 0 Å². The van der Waals surface area contributed by atoms with E-state index in [1.165, 1.54) is 70.6 Å². The van der Waals surface area contributed by atoms with Crippen molar-refractivity contribution in [1.29, 1.82) is 0 Å². The fourth-order valence-electron chi connectivity index (χ4n) is 8.72. The molecule has 230 valence electrons. The first-order valence-corrected chi connectivity index (χ1v) is 17.2. The summed E-state index contributed by atoms with van der Waals surface area (Å²) in [5, 5.41) is 14.7. The second-order valence-electron chi connectivity index (χ2n) is 13.6.